The van der Waals surface area contributed by atoms with Gasteiger partial charge in [-0.1, -0.05) is 11.6 Å². The van der Waals surface area contributed by atoms with Crippen LogP contribution >= 0.6 is 11.6 Å². The van der Waals surface area contributed by atoms with Gasteiger partial charge in [0.1, 0.15) is 0 Å². The zero-order valence-electron chi connectivity index (χ0n) is 11.4. The Morgan fingerprint density at radius 1 is 1.62 bits per heavy atom. The van der Waals surface area contributed by atoms with Crippen LogP contribution in [0.5, 0.6) is 0 Å². The molecule has 1 fully saturated rings. The number of aromatic nitrogens is 1. The van der Waals surface area contributed by atoms with Crippen molar-refractivity contribution in [3.63, 3.8) is 0 Å². The van der Waals surface area contributed by atoms with Crippen LogP contribution in [0.15, 0.2) is 12.3 Å². The summed E-state index contributed by atoms with van der Waals surface area (Å²) in [5, 5.41) is 20.1. The molecule has 1 aliphatic rings. The second-order valence-electron chi connectivity index (χ2n) is 5.14. The average molecular weight is 314 g/mol. The van der Waals surface area contributed by atoms with Crippen LogP contribution < -0.4 is 4.90 Å². The molecule has 0 bridgehead atoms. The van der Waals surface area contributed by atoms with Crippen molar-refractivity contribution in [3.05, 3.63) is 27.4 Å². The summed E-state index contributed by atoms with van der Waals surface area (Å²) in [7, 11) is 0. The number of carbonyl (C=O) groups is 1. The molecule has 0 amide bonds. The van der Waals surface area contributed by atoms with Crippen molar-refractivity contribution in [2.75, 3.05) is 18.0 Å². The van der Waals surface area contributed by atoms with E-state index in [-0.39, 0.29) is 23.0 Å². The van der Waals surface area contributed by atoms with Gasteiger partial charge in [-0.25, -0.2) is 4.98 Å². The summed E-state index contributed by atoms with van der Waals surface area (Å²) < 4.78 is 0. The summed E-state index contributed by atoms with van der Waals surface area (Å²) in [6, 6.07) is 1.30. The van der Waals surface area contributed by atoms with Gasteiger partial charge in [0.15, 0.2) is 0 Å². The molecule has 1 N–H and O–H groups in total. The number of rotatable bonds is 5. The number of piperidine rings is 1. The van der Waals surface area contributed by atoms with E-state index in [0.717, 1.165) is 12.8 Å². The quantitative estimate of drug-likeness (QED) is 0.663. The summed E-state index contributed by atoms with van der Waals surface area (Å²) in [6.45, 7) is 1.27. The van der Waals surface area contributed by atoms with Gasteiger partial charge >= 0.3 is 11.7 Å². The fourth-order valence-electron chi connectivity index (χ4n) is 2.62. The molecule has 1 aromatic rings. The topological polar surface area (TPSA) is 96.6 Å². The van der Waals surface area contributed by atoms with Crippen molar-refractivity contribution in [3.8, 4) is 0 Å². The molecule has 2 rings (SSSR count). The number of carboxylic acid groups (broad SMARTS) is 1. The van der Waals surface area contributed by atoms with E-state index in [2.05, 4.69) is 4.98 Å². The molecule has 1 atom stereocenters. The van der Waals surface area contributed by atoms with Crippen molar-refractivity contribution in [1.82, 2.24) is 4.98 Å². The van der Waals surface area contributed by atoms with E-state index in [1.807, 2.05) is 4.90 Å². The molecule has 0 spiro atoms. The highest BCUT2D eigenvalue weighted by Crippen LogP contribution is 2.32. The van der Waals surface area contributed by atoms with Gasteiger partial charge in [-0.2, -0.15) is 0 Å². The highest BCUT2D eigenvalue weighted by molar-refractivity contribution is 6.30. The minimum Gasteiger partial charge on any atom is -0.481 e. The fourth-order valence-corrected chi connectivity index (χ4v) is 2.77. The van der Waals surface area contributed by atoms with E-state index in [1.54, 1.807) is 0 Å². The Labute approximate surface area is 126 Å². The molecule has 2 heterocycles. The number of nitro groups is 1. The number of hydrogen-bond donors (Lipinski definition) is 1. The first kappa shape index (κ1) is 15.5. The average Bonchev–Trinajstić information content (AvgIpc) is 2.45. The Kier molecular flexibility index (Phi) is 4.95. The second kappa shape index (κ2) is 6.71. The predicted octanol–water partition coefficient (Wildman–Crippen LogP) is 2.72. The summed E-state index contributed by atoms with van der Waals surface area (Å²) in [4.78, 5) is 27.2. The molecular weight excluding hydrogens is 298 g/mol. The van der Waals surface area contributed by atoms with E-state index in [1.165, 1.54) is 12.3 Å². The highest BCUT2D eigenvalue weighted by atomic mass is 35.5. The molecule has 0 radical (unpaired) electrons. The van der Waals surface area contributed by atoms with Gasteiger partial charge in [0, 0.05) is 31.8 Å². The van der Waals surface area contributed by atoms with Crippen LogP contribution in [0, 0.1) is 16.0 Å². The first-order valence-electron chi connectivity index (χ1n) is 6.74. The number of hydrogen-bond acceptors (Lipinski definition) is 5. The third-order valence-electron chi connectivity index (χ3n) is 3.60. The maximum atomic E-state index is 11.1. The molecule has 114 valence electrons. The monoisotopic (exact) mass is 313 g/mol. The lowest BCUT2D eigenvalue weighted by Gasteiger charge is -2.33. The zero-order chi connectivity index (χ0) is 15.4. The molecule has 1 aromatic heterocycles. The lowest BCUT2D eigenvalue weighted by Crippen LogP contribution is -2.36. The van der Waals surface area contributed by atoms with Gasteiger partial charge in [-0.3, -0.25) is 14.9 Å². The molecule has 1 aliphatic heterocycles. The van der Waals surface area contributed by atoms with Crippen LogP contribution in [-0.4, -0.2) is 34.1 Å². The maximum Gasteiger partial charge on any atom is 0.313 e. The van der Waals surface area contributed by atoms with Crippen LogP contribution in [0.2, 0.25) is 5.02 Å². The third-order valence-corrected chi connectivity index (χ3v) is 3.80. The Balaban J connectivity index is 2.14. The highest BCUT2D eigenvalue weighted by Gasteiger charge is 2.27. The lowest BCUT2D eigenvalue weighted by atomic mass is 9.93. The van der Waals surface area contributed by atoms with E-state index in [4.69, 9.17) is 16.7 Å². The van der Waals surface area contributed by atoms with Crippen LogP contribution in [0.3, 0.4) is 0 Å². The first-order chi connectivity index (χ1) is 9.97. The largest absolute Gasteiger partial charge is 0.481 e. The number of aliphatic carboxylic acids is 1. The smallest absolute Gasteiger partial charge is 0.313 e. The number of nitrogens with zero attached hydrogens (tertiary/aromatic N) is 3. The SMILES string of the molecule is O=C(O)CCC1CCCN(c2ncc(Cl)cc2[N+](=O)[O-])C1. The van der Waals surface area contributed by atoms with Crippen molar-refractivity contribution >= 4 is 29.1 Å². The number of anilines is 1. The molecular formula is C13H16ClN3O4. The van der Waals surface area contributed by atoms with Crippen molar-refractivity contribution in [1.29, 1.82) is 0 Å². The Morgan fingerprint density at radius 3 is 3.05 bits per heavy atom. The minimum absolute atomic E-state index is 0.110. The summed E-state index contributed by atoms with van der Waals surface area (Å²) in [6.07, 6.45) is 3.89. The Hall–Kier alpha value is -1.89. The van der Waals surface area contributed by atoms with Gasteiger partial charge < -0.3 is 10.0 Å². The van der Waals surface area contributed by atoms with E-state index < -0.39 is 10.9 Å². The first-order valence-corrected chi connectivity index (χ1v) is 7.12. The van der Waals surface area contributed by atoms with Crippen molar-refractivity contribution in [2.24, 2.45) is 5.92 Å². The third kappa shape index (κ3) is 4.04. The van der Waals surface area contributed by atoms with Crippen LogP contribution in [0.25, 0.3) is 0 Å². The second-order valence-corrected chi connectivity index (χ2v) is 5.58. The predicted molar refractivity (Wildman–Crippen MR) is 77.7 cm³/mol. The molecule has 0 aromatic carbocycles. The van der Waals surface area contributed by atoms with Gasteiger partial charge in [0.05, 0.1) is 9.95 Å². The zero-order valence-corrected chi connectivity index (χ0v) is 12.1. The van der Waals surface area contributed by atoms with Crippen LogP contribution in [0.4, 0.5) is 11.5 Å². The molecule has 7 nitrogen and oxygen atoms in total. The van der Waals surface area contributed by atoms with Gasteiger partial charge in [0.25, 0.3) is 0 Å². The van der Waals surface area contributed by atoms with Crippen LogP contribution in [-0.2, 0) is 4.79 Å². The van der Waals surface area contributed by atoms with Gasteiger partial charge in [0.2, 0.25) is 5.82 Å². The minimum atomic E-state index is -0.817. The normalized spacial score (nSPS) is 18.5. The number of carboxylic acids is 1. The molecule has 0 aliphatic carbocycles. The summed E-state index contributed by atoms with van der Waals surface area (Å²) in [5.41, 5.74) is -0.110. The molecule has 8 heteroatoms. The molecule has 1 saturated heterocycles. The Bertz CT molecular complexity index is 552. The fraction of sp³-hybridized carbons (Fsp3) is 0.538. The van der Waals surface area contributed by atoms with Crippen LogP contribution in [0.1, 0.15) is 25.7 Å². The summed E-state index contributed by atoms with van der Waals surface area (Å²) in [5.74, 6) is -0.293. The molecule has 0 saturated carbocycles. The maximum absolute atomic E-state index is 11.1. The van der Waals surface area contributed by atoms with E-state index in [9.17, 15) is 14.9 Å². The number of halogens is 1. The molecule has 21 heavy (non-hydrogen) atoms. The van der Waals surface area contributed by atoms with Crippen molar-refractivity contribution in [2.45, 2.75) is 25.7 Å². The van der Waals surface area contributed by atoms with E-state index in [0.29, 0.717) is 25.3 Å². The van der Waals surface area contributed by atoms with Gasteiger partial charge in [-0.05, 0) is 25.2 Å². The summed E-state index contributed by atoms with van der Waals surface area (Å²) >= 11 is 5.76. The van der Waals surface area contributed by atoms with Crippen molar-refractivity contribution < 1.29 is 14.8 Å². The molecule has 1 unspecified atom stereocenters. The van der Waals surface area contributed by atoms with Gasteiger partial charge in [-0.15, -0.1) is 0 Å². The number of pyridine rings is 1. The lowest BCUT2D eigenvalue weighted by molar-refractivity contribution is -0.384. The van der Waals surface area contributed by atoms with E-state index >= 15 is 0 Å². The standard InChI is InChI=1S/C13H16ClN3O4/c14-10-6-11(17(20)21)13(15-7-10)16-5-1-2-9(8-16)3-4-12(18)19/h6-7,9H,1-5,8H2,(H,18,19). The Morgan fingerprint density at radius 2 is 2.38 bits per heavy atom.